The molecule has 1 aromatic carbocycles. The summed E-state index contributed by atoms with van der Waals surface area (Å²) in [6.45, 7) is 2.19. The zero-order valence-electron chi connectivity index (χ0n) is 15.1. The largest absolute Gasteiger partial charge is 0.447 e. The molecule has 2 aromatic heterocycles. The van der Waals surface area contributed by atoms with Gasteiger partial charge in [-0.25, -0.2) is 0 Å². The summed E-state index contributed by atoms with van der Waals surface area (Å²) in [6, 6.07) is 9.74. The Morgan fingerprint density at radius 3 is 2.82 bits per heavy atom. The summed E-state index contributed by atoms with van der Waals surface area (Å²) in [5.74, 6) is 2.03. The lowest BCUT2D eigenvalue weighted by molar-refractivity contribution is 0.194. The second-order valence-corrected chi connectivity index (χ2v) is 8.90. The zero-order valence-corrected chi connectivity index (χ0v) is 19.1. The van der Waals surface area contributed by atoms with Crippen LogP contribution in [0.25, 0.3) is 11.3 Å². The normalized spacial score (nSPS) is 15.2. The van der Waals surface area contributed by atoms with E-state index in [1.54, 1.807) is 11.8 Å². The number of nitrogens with zero attached hydrogens (tertiary/aromatic N) is 3. The lowest BCUT2D eigenvalue weighted by Gasteiger charge is -2.16. The van der Waals surface area contributed by atoms with Gasteiger partial charge < -0.3 is 14.5 Å². The van der Waals surface area contributed by atoms with Crippen LogP contribution in [0.2, 0.25) is 0 Å². The molecule has 3 aromatic rings. The fourth-order valence-corrected chi connectivity index (χ4v) is 4.23. The number of nitrogens with one attached hydrogen (secondary N) is 1. The van der Waals surface area contributed by atoms with Crippen LogP contribution in [-0.2, 0) is 0 Å². The number of unbranched alkanes of at least 4 members (excludes halogenated alkanes) is 2. The van der Waals surface area contributed by atoms with Gasteiger partial charge >= 0.3 is 0 Å². The number of benzene rings is 1. The molecule has 1 N–H and O–H groups in total. The second kappa shape index (κ2) is 8.84. The minimum Gasteiger partial charge on any atom is -0.447 e. The molecular formula is C19H18Br2N4O2S. The molecule has 1 aliphatic heterocycles. The molecule has 0 spiro atoms. The van der Waals surface area contributed by atoms with Crippen molar-refractivity contribution in [3.05, 3.63) is 45.2 Å². The number of rotatable bonds is 6. The molecule has 0 saturated carbocycles. The first-order chi connectivity index (χ1) is 13.7. The molecule has 1 unspecified atom stereocenters. The minimum absolute atomic E-state index is 0.444. The van der Waals surface area contributed by atoms with Gasteiger partial charge in [0, 0.05) is 23.1 Å². The van der Waals surface area contributed by atoms with Crippen molar-refractivity contribution >= 4 is 49.3 Å². The molecule has 0 saturated heterocycles. The minimum atomic E-state index is -0.542. The van der Waals surface area contributed by atoms with Gasteiger partial charge in [0.2, 0.25) is 17.3 Å². The number of halogens is 2. The van der Waals surface area contributed by atoms with Crippen molar-refractivity contribution in [2.24, 2.45) is 0 Å². The topological polar surface area (TPSA) is 73.1 Å². The Hall–Kier alpha value is -1.58. The SMILES string of the molecule is CCCCCSc1nnc2c(n1)OC(c1cc(Br)c(Br)o1)Nc1ccccc1-2. The lowest BCUT2D eigenvalue weighted by Crippen LogP contribution is -2.16. The molecule has 1 aliphatic rings. The van der Waals surface area contributed by atoms with Gasteiger partial charge in [-0.3, -0.25) is 0 Å². The molecule has 9 heteroatoms. The number of anilines is 1. The number of fused-ring (bicyclic) bond motifs is 3. The van der Waals surface area contributed by atoms with E-state index in [2.05, 4.69) is 59.3 Å². The fourth-order valence-electron chi connectivity index (χ4n) is 2.85. The zero-order chi connectivity index (χ0) is 19.5. The Morgan fingerprint density at radius 1 is 1.18 bits per heavy atom. The van der Waals surface area contributed by atoms with Crippen LogP contribution in [-0.4, -0.2) is 20.9 Å². The third-order valence-electron chi connectivity index (χ3n) is 4.24. The molecule has 6 nitrogen and oxygen atoms in total. The van der Waals surface area contributed by atoms with E-state index in [-0.39, 0.29) is 0 Å². The summed E-state index contributed by atoms with van der Waals surface area (Å²) in [5, 5.41) is 12.7. The van der Waals surface area contributed by atoms with E-state index in [4.69, 9.17) is 9.15 Å². The summed E-state index contributed by atoms with van der Waals surface area (Å²) >= 11 is 8.43. The van der Waals surface area contributed by atoms with E-state index in [1.165, 1.54) is 12.8 Å². The number of hydrogen-bond donors (Lipinski definition) is 1. The van der Waals surface area contributed by atoms with Crippen LogP contribution in [0.3, 0.4) is 0 Å². The highest BCUT2D eigenvalue weighted by atomic mass is 79.9. The Bertz CT molecular complexity index is 963. The molecule has 0 amide bonds. The Labute approximate surface area is 184 Å². The van der Waals surface area contributed by atoms with Crippen LogP contribution in [0, 0.1) is 0 Å². The molecule has 3 heterocycles. The van der Waals surface area contributed by atoms with E-state index in [0.717, 1.165) is 27.9 Å². The molecule has 4 rings (SSSR count). The third-order valence-corrected chi connectivity index (χ3v) is 6.87. The lowest BCUT2D eigenvalue weighted by atomic mass is 10.1. The second-order valence-electron chi connectivity index (χ2n) is 6.26. The first-order valence-corrected chi connectivity index (χ1v) is 11.6. The maximum absolute atomic E-state index is 6.19. The summed E-state index contributed by atoms with van der Waals surface area (Å²) in [7, 11) is 0. The van der Waals surface area contributed by atoms with E-state index in [9.17, 15) is 0 Å². The van der Waals surface area contributed by atoms with Gasteiger partial charge in [0.25, 0.3) is 0 Å². The number of furan rings is 1. The van der Waals surface area contributed by atoms with Gasteiger partial charge in [-0.1, -0.05) is 49.7 Å². The van der Waals surface area contributed by atoms with Gasteiger partial charge in [-0.05, 0) is 44.3 Å². The first-order valence-electron chi connectivity index (χ1n) is 9.00. The summed E-state index contributed by atoms with van der Waals surface area (Å²) in [5.41, 5.74) is 2.40. The molecular weight excluding hydrogens is 508 g/mol. The highest BCUT2D eigenvalue weighted by Crippen LogP contribution is 2.41. The number of ether oxygens (including phenoxy) is 1. The molecule has 0 fully saturated rings. The fraction of sp³-hybridized carbons (Fsp3) is 0.316. The average Bonchev–Trinajstić information content (AvgIpc) is 2.95. The van der Waals surface area contributed by atoms with Crippen molar-refractivity contribution in [3.63, 3.8) is 0 Å². The maximum Gasteiger partial charge on any atom is 0.247 e. The van der Waals surface area contributed by atoms with Crippen molar-refractivity contribution in [2.45, 2.75) is 37.6 Å². The predicted octanol–water partition coefficient (Wildman–Crippen LogP) is 6.44. The van der Waals surface area contributed by atoms with E-state index >= 15 is 0 Å². The molecule has 0 bridgehead atoms. The standard InChI is InChI=1S/C19H18Br2N4O2S/c1-2-3-6-9-28-19-23-18-15(24-25-19)11-7-4-5-8-13(11)22-17(27-18)14-10-12(20)16(21)26-14/h4-5,7-8,10,17,22H,2-3,6,9H2,1H3. The van der Waals surface area contributed by atoms with E-state index < -0.39 is 6.23 Å². The number of hydrogen-bond acceptors (Lipinski definition) is 7. The molecule has 28 heavy (non-hydrogen) atoms. The molecule has 0 aliphatic carbocycles. The molecule has 146 valence electrons. The van der Waals surface area contributed by atoms with Gasteiger partial charge in [-0.2, -0.15) is 4.98 Å². The first kappa shape index (κ1) is 19.7. The quantitative estimate of drug-likeness (QED) is 0.293. The van der Waals surface area contributed by atoms with E-state index in [0.29, 0.717) is 27.2 Å². The van der Waals surface area contributed by atoms with Crippen LogP contribution in [0.1, 0.15) is 38.2 Å². The third kappa shape index (κ3) is 4.21. The molecule has 1 atom stereocenters. The summed E-state index contributed by atoms with van der Waals surface area (Å²) in [6.07, 6.45) is 2.97. The van der Waals surface area contributed by atoms with E-state index in [1.807, 2.05) is 30.3 Å². The summed E-state index contributed by atoms with van der Waals surface area (Å²) in [4.78, 5) is 4.64. The monoisotopic (exact) mass is 524 g/mol. The highest BCUT2D eigenvalue weighted by molar-refractivity contribution is 9.13. The Kier molecular flexibility index (Phi) is 6.22. The van der Waals surface area contributed by atoms with Crippen molar-refractivity contribution in [3.8, 4) is 17.1 Å². The average molecular weight is 526 g/mol. The van der Waals surface area contributed by atoms with Crippen LogP contribution >= 0.6 is 43.6 Å². The van der Waals surface area contributed by atoms with Gasteiger partial charge in [0.05, 0.1) is 4.47 Å². The maximum atomic E-state index is 6.19. The number of aromatic nitrogens is 3. The Balaban J connectivity index is 1.69. The van der Waals surface area contributed by atoms with Crippen LogP contribution in [0.5, 0.6) is 5.88 Å². The van der Waals surface area contributed by atoms with Crippen LogP contribution in [0.15, 0.2) is 49.0 Å². The van der Waals surface area contributed by atoms with Gasteiger partial charge in [0.15, 0.2) is 16.1 Å². The highest BCUT2D eigenvalue weighted by Gasteiger charge is 2.28. The Morgan fingerprint density at radius 2 is 2.04 bits per heavy atom. The molecule has 0 radical (unpaired) electrons. The van der Waals surface area contributed by atoms with Gasteiger partial charge in [-0.15, -0.1) is 10.2 Å². The summed E-state index contributed by atoms with van der Waals surface area (Å²) < 4.78 is 13.4. The van der Waals surface area contributed by atoms with Gasteiger partial charge in [0.1, 0.15) is 0 Å². The van der Waals surface area contributed by atoms with Crippen molar-refractivity contribution in [1.29, 1.82) is 0 Å². The number of thioether (sulfide) groups is 1. The predicted molar refractivity (Wildman–Crippen MR) is 117 cm³/mol. The van der Waals surface area contributed by atoms with Crippen LogP contribution in [0.4, 0.5) is 5.69 Å². The van der Waals surface area contributed by atoms with Crippen molar-refractivity contribution in [2.75, 3.05) is 11.1 Å². The smallest absolute Gasteiger partial charge is 0.247 e. The van der Waals surface area contributed by atoms with Crippen LogP contribution < -0.4 is 10.1 Å². The van der Waals surface area contributed by atoms with Crippen molar-refractivity contribution < 1.29 is 9.15 Å². The number of para-hydroxylation sites is 1. The van der Waals surface area contributed by atoms with Crippen molar-refractivity contribution in [1.82, 2.24) is 15.2 Å².